The summed E-state index contributed by atoms with van der Waals surface area (Å²) in [7, 11) is 0. The monoisotopic (exact) mass is 543 g/mol. The molecule has 3 rings (SSSR count). The van der Waals surface area contributed by atoms with Crippen LogP contribution in [0.3, 0.4) is 0 Å². The molecule has 0 unspecified atom stereocenters. The third-order valence-corrected chi connectivity index (χ3v) is 7.12. The van der Waals surface area contributed by atoms with E-state index >= 15 is 0 Å². The Bertz CT molecular complexity index is 1190. The maximum absolute atomic E-state index is 11.9. The molecule has 1 aromatic heterocycles. The second-order valence-corrected chi connectivity index (χ2v) is 11.7. The zero-order valence-corrected chi connectivity index (χ0v) is 23.8. The minimum absolute atomic E-state index is 0.0891. The third kappa shape index (κ3) is 8.48. The summed E-state index contributed by atoms with van der Waals surface area (Å²) < 4.78 is 8.48. The predicted molar refractivity (Wildman–Crippen MR) is 157 cm³/mol. The second-order valence-electron chi connectivity index (χ2n) is 9.37. The molecule has 0 spiro atoms. The van der Waals surface area contributed by atoms with Crippen LogP contribution in [0.4, 0.5) is 16.2 Å². The van der Waals surface area contributed by atoms with E-state index in [9.17, 15) is 4.79 Å². The van der Waals surface area contributed by atoms with E-state index in [0.717, 1.165) is 31.6 Å². The van der Waals surface area contributed by atoms with Gasteiger partial charge in [-0.05, 0) is 102 Å². The number of hydrogen-bond donors (Lipinski definition) is 4. The van der Waals surface area contributed by atoms with Crippen molar-refractivity contribution in [3.8, 4) is 21.0 Å². The van der Waals surface area contributed by atoms with Gasteiger partial charge in [0.15, 0.2) is 5.11 Å². The molecule has 0 atom stereocenters. The predicted octanol–water partition coefficient (Wildman–Crippen LogP) is 7.14. The number of thiazole rings is 1. The minimum atomic E-state index is -0.469. The van der Waals surface area contributed by atoms with Gasteiger partial charge in [0.05, 0.1) is 11.5 Å². The molecule has 0 radical (unpaired) electrons. The van der Waals surface area contributed by atoms with E-state index in [4.69, 9.17) is 17.0 Å². The molecule has 36 heavy (non-hydrogen) atoms. The van der Waals surface area contributed by atoms with Crippen LogP contribution in [0.2, 0.25) is 0 Å². The van der Waals surface area contributed by atoms with E-state index < -0.39 is 6.09 Å². The summed E-state index contributed by atoms with van der Waals surface area (Å²) in [6, 6.07) is 14.2. The summed E-state index contributed by atoms with van der Waals surface area (Å²) in [5.41, 5.74) is 3.58. The highest BCUT2D eigenvalue weighted by molar-refractivity contribution is 7.97. The number of ether oxygens (including phenoxy) is 1. The number of nitrogens with one attached hydrogen (secondary N) is 4. The molecule has 7 nitrogen and oxygen atoms in total. The fourth-order valence-corrected chi connectivity index (χ4v) is 5.31. The summed E-state index contributed by atoms with van der Waals surface area (Å²) >= 11 is 8.48. The molecule has 0 aliphatic heterocycles. The quantitative estimate of drug-likeness (QED) is 0.176. The number of aromatic nitrogens is 1. The summed E-state index contributed by atoms with van der Waals surface area (Å²) in [5.74, 6) is 0. The Morgan fingerprint density at radius 2 is 1.81 bits per heavy atom. The van der Waals surface area contributed by atoms with E-state index in [1.54, 1.807) is 18.3 Å². The van der Waals surface area contributed by atoms with Gasteiger partial charge in [-0.15, -0.1) is 11.3 Å². The Labute approximate surface area is 227 Å². The second kappa shape index (κ2) is 12.5. The molecule has 0 saturated carbocycles. The standard InChI is InChI=1S/C26H33N5O2S3/c1-7-33-25(32)30-19-12-13-20(21(14-19)36-31-26(4,5)6)22-15-27-23(35-22)17-8-10-18(11-9-17)29-24(34)28-16(2)3/h8-16,31H,7H2,1-6H3,(H,30,32)(H2,28,29,34). The largest absolute Gasteiger partial charge is 0.450 e. The average Bonchev–Trinajstić information content (AvgIpc) is 3.27. The molecule has 1 amide bonds. The van der Waals surface area contributed by atoms with Gasteiger partial charge < -0.3 is 15.4 Å². The van der Waals surface area contributed by atoms with Gasteiger partial charge in [-0.25, -0.2) is 9.78 Å². The van der Waals surface area contributed by atoms with E-state index in [-0.39, 0.29) is 11.6 Å². The molecule has 10 heteroatoms. The SMILES string of the molecule is CCOC(=O)Nc1ccc(-c2cnc(-c3ccc(NC(=S)NC(C)C)cc3)s2)c(SNC(C)(C)C)c1. The number of anilines is 2. The first-order valence-corrected chi connectivity index (χ1v) is 13.7. The van der Waals surface area contributed by atoms with Crippen molar-refractivity contribution in [2.24, 2.45) is 0 Å². The lowest BCUT2D eigenvalue weighted by atomic mass is 10.1. The van der Waals surface area contributed by atoms with Gasteiger partial charge in [0.2, 0.25) is 0 Å². The number of nitrogens with zero attached hydrogens (tertiary/aromatic N) is 1. The first kappa shape index (κ1) is 27.9. The summed E-state index contributed by atoms with van der Waals surface area (Å²) in [5, 5.41) is 10.7. The van der Waals surface area contributed by atoms with E-state index in [1.807, 2.05) is 62.5 Å². The normalized spacial score (nSPS) is 11.3. The zero-order chi connectivity index (χ0) is 26.3. The van der Waals surface area contributed by atoms with Crippen molar-refractivity contribution in [2.75, 3.05) is 17.2 Å². The Morgan fingerprint density at radius 3 is 2.44 bits per heavy atom. The Hall–Kier alpha value is -2.66. The summed E-state index contributed by atoms with van der Waals surface area (Å²) in [6.07, 6.45) is 1.42. The molecule has 1 heterocycles. The van der Waals surface area contributed by atoms with Gasteiger partial charge in [0.1, 0.15) is 5.01 Å². The first-order valence-electron chi connectivity index (χ1n) is 11.7. The van der Waals surface area contributed by atoms with Crippen LogP contribution in [-0.4, -0.2) is 34.4 Å². The van der Waals surface area contributed by atoms with E-state index in [0.29, 0.717) is 17.4 Å². The Kier molecular flexibility index (Phi) is 9.72. The van der Waals surface area contributed by atoms with Crippen LogP contribution in [-0.2, 0) is 4.74 Å². The van der Waals surface area contributed by atoms with Gasteiger partial charge in [0.25, 0.3) is 0 Å². The number of rotatable bonds is 8. The molecule has 0 saturated heterocycles. The van der Waals surface area contributed by atoms with Crippen molar-refractivity contribution in [3.05, 3.63) is 48.7 Å². The Balaban J connectivity index is 1.82. The molecular formula is C26H33N5O2S3. The van der Waals surface area contributed by atoms with Gasteiger partial charge in [-0.2, -0.15) is 0 Å². The van der Waals surface area contributed by atoms with E-state index in [2.05, 4.69) is 46.4 Å². The highest BCUT2D eigenvalue weighted by Crippen LogP contribution is 2.38. The number of carbonyl (C=O) groups is 1. The maximum Gasteiger partial charge on any atom is 0.411 e. The molecule has 3 aromatic rings. The molecule has 0 aliphatic carbocycles. The number of benzene rings is 2. The lowest BCUT2D eigenvalue weighted by Gasteiger charge is -2.21. The molecule has 2 aromatic carbocycles. The molecule has 192 valence electrons. The molecule has 4 N–H and O–H groups in total. The van der Waals surface area contributed by atoms with Crippen LogP contribution in [0.15, 0.2) is 53.6 Å². The fourth-order valence-electron chi connectivity index (χ4n) is 3.04. The molecule has 0 aliphatic rings. The molecule has 0 fully saturated rings. The average molecular weight is 544 g/mol. The van der Waals surface area contributed by atoms with Crippen LogP contribution in [0.5, 0.6) is 0 Å². The van der Waals surface area contributed by atoms with Crippen molar-refractivity contribution < 1.29 is 9.53 Å². The lowest BCUT2D eigenvalue weighted by Crippen LogP contribution is -2.33. The van der Waals surface area contributed by atoms with Crippen LogP contribution in [0.1, 0.15) is 41.5 Å². The number of carbonyl (C=O) groups excluding carboxylic acids is 1. The topological polar surface area (TPSA) is 87.3 Å². The third-order valence-electron chi connectivity index (χ3n) is 4.55. The molecule has 0 bridgehead atoms. The first-order chi connectivity index (χ1) is 17.0. The summed E-state index contributed by atoms with van der Waals surface area (Å²) in [4.78, 5) is 18.6. The zero-order valence-electron chi connectivity index (χ0n) is 21.4. The van der Waals surface area contributed by atoms with Crippen molar-refractivity contribution in [1.82, 2.24) is 15.0 Å². The van der Waals surface area contributed by atoms with Crippen molar-refractivity contribution in [2.45, 2.75) is 58.0 Å². The van der Waals surface area contributed by atoms with Gasteiger partial charge >= 0.3 is 6.09 Å². The number of amides is 1. The van der Waals surface area contributed by atoms with Gasteiger partial charge in [-0.3, -0.25) is 10.0 Å². The van der Waals surface area contributed by atoms with Crippen LogP contribution in [0, 0.1) is 0 Å². The lowest BCUT2D eigenvalue weighted by molar-refractivity contribution is 0.168. The highest BCUT2D eigenvalue weighted by Gasteiger charge is 2.16. The van der Waals surface area contributed by atoms with Gasteiger partial charge in [0, 0.05) is 45.2 Å². The minimum Gasteiger partial charge on any atom is -0.450 e. The maximum atomic E-state index is 11.9. The smallest absolute Gasteiger partial charge is 0.411 e. The van der Waals surface area contributed by atoms with Crippen molar-refractivity contribution >= 4 is 58.1 Å². The van der Waals surface area contributed by atoms with Gasteiger partial charge in [-0.1, -0.05) is 6.07 Å². The van der Waals surface area contributed by atoms with Crippen LogP contribution in [0.25, 0.3) is 21.0 Å². The highest BCUT2D eigenvalue weighted by atomic mass is 32.2. The summed E-state index contributed by atoms with van der Waals surface area (Å²) in [6.45, 7) is 12.5. The van der Waals surface area contributed by atoms with Crippen molar-refractivity contribution in [1.29, 1.82) is 0 Å². The molecular weight excluding hydrogens is 511 g/mol. The van der Waals surface area contributed by atoms with E-state index in [1.165, 1.54) is 11.9 Å². The van der Waals surface area contributed by atoms with Crippen LogP contribution >= 0.6 is 35.5 Å². The number of thiocarbonyl (C=S) groups is 1. The fraction of sp³-hybridized carbons (Fsp3) is 0.346. The van der Waals surface area contributed by atoms with Crippen LogP contribution < -0.4 is 20.7 Å². The Morgan fingerprint density at radius 1 is 1.11 bits per heavy atom. The van der Waals surface area contributed by atoms with Crippen molar-refractivity contribution in [3.63, 3.8) is 0 Å². The number of hydrogen-bond acceptors (Lipinski definition) is 7.